The largest absolute Gasteiger partial charge is 0.354 e. The first-order valence-electron chi connectivity index (χ1n) is 8.79. The van der Waals surface area contributed by atoms with Crippen LogP contribution in [-0.4, -0.2) is 39.4 Å². The number of hydrogen-bond donors (Lipinski definition) is 1. The Morgan fingerprint density at radius 3 is 2.37 bits per heavy atom. The SMILES string of the molecule is CS(=O)(=O)N(CC(=O)NCCCSCc1ccccc1Cl)c1cc(Cl)c(Cl)cc1Cl. The van der Waals surface area contributed by atoms with Crippen molar-refractivity contribution >= 4 is 79.8 Å². The molecule has 0 radical (unpaired) electrons. The van der Waals surface area contributed by atoms with Crippen LogP contribution in [0.25, 0.3) is 0 Å². The van der Waals surface area contributed by atoms with Gasteiger partial charge in [0.1, 0.15) is 6.54 Å². The summed E-state index contributed by atoms with van der Waals surface area (Å²) in [7, 11) is -3.77. The van der Waals surface area contributed by atoms with E-state index in [2.05, 4.69) is 5.32 Å². The summed E-state index contributed by atoms with van der Waals surface area (Å²) in [4.78, 5) is 12.3. The van der Waals surface area contributed by atoms with E-state index >= 15 is 0 Å². The molecular formula is C19H20Cl4N2O3S2. The van der Waals surface area contributed by atoms with Crippen LogP contribution in [0.1, 0.15) is 12.0 Å². The molecule has 1 N–H and O–H groups in total. The van der Waals surface area contributed by atoms with Crippen molar-refractivity contribution in [2.45, 2.75) is 12.2 Å². The molecule has 0 heterocycles. The van der Waals surface area contributed by atoms with Gasteiger partial charge in [-0.3, -0.25) is 9.10 Å². The van der Waals surface area contributed by atoms with E-state index in [-0.39, 0.29) is 20.8 Å². The lowest BCUT2D eigenvalue weighted by molar-refractivity contribution is -0.119. The second kappa shape index (κ2) is 11.7. The average Bonchev–Trinajstić information content (AvgIpc) is 2.66. The first kappa shape index (κ1) is 25.4. The van der Waals surface area contributed by atoms with Crippen LogP contribution >= 0.6 is 58.2 Å². The molecule has 11 heteroatoms. The monoisotopic (exact) mass is 528 g/mol. The smallest absolute Gasteiger partial charge is 0.240 e. The van der Waals surface area contributed by atoms with Gasteiger partial charge >= 0.3 is 0 Å². The van der Waals surface area contributed by atoms with Gasteiger partial charge in [-0.05, 0) is 35.9 Å². The zero-order valence-electron chi connectivity index (χ0n) is 16.0. The van der Waals surface area contributed by atoms with Gasteiger partial charge in [0.05, 0.1) is 27.0 Å². The Bertz CT molecular complexity index is 1000. The van der Waals surface area contributed by atoms with Crippen LogP contribution < -0.4 is 9.62 Å². The number of hydrogen-bond acceptors (Lipinski definition) is 4. The molecule has 1 amide bonds. The fourth-order valence-corrected chi connectivity index (χ4v) is 5.27. The molecule has 2 rings (SSSR count). The van der Waals surface area contributed by atoms with Crippen molar-refractivity contribution in [3.63, 3.8) is 0 Å². The number of nitrogens with zero attached hydrogens (tertiary/aromatic N) is 1. The second-order valence-corrected chi connectivity index (χ2v) is 11.0. The lowest BCUT2D eigenvalue weighted by Gasteiger charge is -2.23. The zero-order chi connectivity index (χ0) is 22.3. The third kappa shape index (κ3) is 7.70. The number of amides is 1. The number of sulfonamides is 1. The summed E-state index contributed by atoms with van der Waals surface area (Å²) in [6.45, 7) is 0.00431. The van der Waals surface area contributed by atoms with E-state index < -0.39 is 22.5 Å². The molecule has 0 saturated heterocycles. The minimum atomic E-state index is -3.77. The molecule has 0 fully saturated rings. The van der Waals surface area contributed by atoms with Gasteiger partial charge in [-0.15, -0.1) is 0 Å². The highest BCUT2D eigenvalue weighted by Gasteiger charge is 2.24. The molecular weight excluding hydrogens is 510 g/mol. The van der Waals surface area contributed by atoms with Gasteiger partial charge in [-0.1, -0.05) is 64.6 Å². The van der Waals surface area contributed by atoms with Crippen molar-refractivity contribution in [2.75, 3.05) is 29.4 Å². The molecule has 0 atom stereocenters. The molecule has 0 saturated carbocycles. The van der Waals surface area contributed by atoms with Crippen LogP contribution in [0.4, 0.5) is 5.69 Å². The maximum atomic E-state index is 12.3. The van der Waals surface area contributed by atoms with Crippen LogP contribution in [0.15, 0.2) is 36.4 Å². The van der Waals surface area contributed by atoms with Gasteiger partial charge in [-0.25, -0.2) is 8.42 Å². The maximum Gasteiger partial charge on any atom is 0.240 e. The molecule has 164 valence electrons. The number of carbonyl (C=O) groups excluding carboxylic acids is 1. The quantitative estimate of drug-likeness (QED) is 0.325. The molecule has 2 aromatic rings. The van der Waals surface area contributed by atoms with Gasteiger partial charge in [0.15, 0.2) is 0 Å². The molecule has 0 aliphatic heterocycles. The summed E-state index contributed by atoms with van der Waals surface area (Å²) in [6, 6.07) is 10.3. The number of carbonyl (C=O) groups is 1. The third-order valence-electron chi connectivity index (χ3n) is 3.95. The van der Waals surface area contributed by atoms with Gasteiger partial charge in [-0.2, -0.15) is 11.8 Å². The van der Waals surface area contributed by atoms with Crippen molar-refractivity contribution < 1.29 is 13.2 Å². The van der Waals surface area contributed by atoms with Crippen LogP contribution in [0.5, 0.6) is 0 Å². The summed E-state index contributed by atoms with van der Waals surface area (Å²) >= 11 is 25.8. The van der Waals surface area contributed by atoms with E-state index in [0.717, 1.165) is 39.1 Å². The highest BCUT2D eigenvalue weighted by molar-refractivity contribution is 7.98. The second-order valence-electron chi connectivity index (χ2n) is 6.33. The van der Waals surface area contributed by atoms with E-state index in [1.54, 1.807) is 11.8 Å². The lowest BCUT2D eigenvalue weighted by Crippen LogP contribution is -2.40. The molecule has 0 aliphatic rings. The van der Waals surface area contributed by atoms with Gasteiger partial charge in [0, 0.05) is 17.3 Å². The first-order chi connectivity index (χ1) is 14.1. The van der Waals surface area contributed by atoms with Gasteiger partial charge in [0.2, 0.25) is 15.9 Å². The van der Waals surface area contributed by atoms with Crippen LogP contribution in [-0.2, 0) is 20.6 Å². The standard InChI is InChI=1S/C19H20Cl4N2O3S2/c1-30(27,28)25(18-10-16(22)15(21)9-17(18)23)11-19(26)24-7-4-8-29-12-13-5-2-3-6-14(13)20/h2-3,5-6,9-10H,4,7-8,11-12H2,1H3,(H,24,26). The Hall–Kier alpha value is -0.830. The topological polar surface area (TPSA) is 66.5 Å². The van der Waals surface area contributed by atoms with E-state index in [0.29, 0.717) is 6.54 Å². The summed E-state index contributed by atoms with van der Waals surface area (Å²) in [5.41, 5.74) is 1.16. The van der Waals surface area contributed by atoms with Gasteiger partial charge in [0.25, 0.3) is 0 Å². The predicted octanol–water partition coefficient (Wildman–Crippen LogP) is 5.51. The fraction of sp³-hybridized carbons (Fsp3) is 0.316. The molecule has 0 spiro atoms. The van der Waals surface area contributed by atoms with Gasteiger partial charge < -0.3 is 5.32 Å². The van der Waals surface area contributed by atoms with Crippen LogP contribution in [0, 0.1) is 0 Å². The number of benzene rings is 2. The molecule has 5 nitrogen and oxygen atoms in total. The number of anilines is 1. The Kier molecular flexibility index (Phi) is 9.91. The average molecular weight is 530 g/mol. The van der Waals surface area contributed by atoms with E-state index in [4.69, 9.17) is 46.4 Å². The lowest BCUT2D eigenvalue weighted by atomic mass is 10.2. The van der Waals surface area contributed by atoms with E-state index in [1.165, 1.54) is 12.1 Å². The first-order valence-corrected chi connectivity index (χ1v) is 13.3. The summed E-state index contributed by atoms with van der Waals surface area (Å²) in [5.74, 6) is 1.16. The fourth-order valence-electron chi connectivity index (χ4n) is 2.47. The molecule has 0 bridgehead atoms. The number of halogens is 4. The highest BCUT2D eigenvalue weighted by atomic mass is 35.5. The Balaban J connectivity index is 1.85. The molecule has 2 aromatic carbocycles. The third-order valence-corrected chi connectivity index (χ3v) is 7.56. The van der Waals surface area contributed by atoms with Crippen molar-refractivity contribution in [1.29, 1.82) is 0 Å². The Morgan fingerprint density at radius 2 is 1.70 bits per heavy atom. The minimum absolute atomic E-state index is 0.0820. The Morgan fingerprint density at radius 1 is 1.03 bits per heavy atom. The maximum absolute atomic E-state index is 12.3. The van der Waals surface area contributed by atoms with Crippen LogP contribution in [0.2, 0.25) is 20.1 Å². The molecule has 0 aromatic heterocycles. The Labute approximate surface area is 201 Å². The number of thioether (sulfide) groups is 1. The van der Waals surface area contributed by atoms with Crippen molar-refractivity contribution in [2.24, 2.45) is 0 Å². The van der Waals surface area contributed by atoms with E-state index in [9.17, 15) is 13.2 Å². The number of rotatable bonds is 10. The summed E-state index contributed by atoms with van der Waals surface area (Å²) < 4.78 is 25.3. The minimum Gasteiger partial charge on any atom is -0.354 e. The van der Waals surface area contributed by atoms with Crippen molar-refractivity contribution in [1.82, 2.24) is 5.32 Å². The molecule has 0 unspecified atom stereocenters. The van der Waals surface area contributed by atoms with Crippen molar-refractivity contribution in [3.05, 3.63) is 62.1 Å². The van der Waals surface area contributed by atoms with E-state index in [1.807, 2.05) is 24.3 Å². The van der Waals surface area contributed by atoms with Crippen LogP contribution in [0.3, 0.4) is 0 Å². The zero-order valence-corrected chi connectivity index (χ0v) is 20.7. The molecule has 30 heavy (non-hydrogen) atoms. The van der Waals surface area contributed by atoms with Crippen molar-refractivity contribution in [3.8, 4) is 0 Å². The predicted molar refractivity (Wildman–Crippen MR) is 129 cm³/mol. The molecule has 0 aliphatic carbocycles. The number of nitrogens with one attached hydrogen (secondary N) is 1. The highest BCUT2D eigenvalue weighted by Crippen LogP contribution is 2.35. The summed E-state index contributed by atoms with van der Waals surface area (Å²) in [6.07, 6.45) is 1.72. The normalized spacial score (nSPS) is 11.4. The summed E-state index contributed by atoms with van der Waals surface area (Å²) in [5, 5.41) is 3.87.